The standard InChI is InChI=1S/C15H25N7O/c1-9(2)21-13-6-7-20(8-12(13)16-15(21)23)10(3)14-17-18-19-22(14)11-4-5-11/h9-13H,4-8H2,1-3H3,(H,16,23)/t10?,12-,13+/m1/s1. The van der Waals surface area contributed by atoms with Crippen LogP contribution in [0.3, 0.4) is 0 Å². The van der Waals surface area contributed by atoms with Crippen LogP contribution in [0, 0.1) is 0 Å². The van der Waals surface area contributed by atoms with E-state index in [1.807, 2.05) is 9.58 Å². The monoisotopic (exact) mass is 319 g/mol. The average Bonchev–Trinajstić information content (AvgIpc) is 3.14. The Morgan fingerprint density at radius 2 is 2.00 bits per heavy atom. The van der Waals surface area contributed by atoms with Crippen LogP contribution >= 0.6 is 0 Å². The molecular formula is C15H25N7O. The molecule has 2 aliphatic heterocycles. The molecular weight excluding hydrogens is 294 g/mol. The summed E-state index contributed by atoms with van der Waals surface area (Å²) < 4.78 is 1.99. The Kier molecular flexibility index (Phi) is 3.51. The van der Waals surface area contributed by atoms with Crippen molar-refractivity contribution in [1.82, 2.24) is 35.3 Å². The number of urea groups is 1. The van der Waals surface area contributed by atoms with Crippen molar-refractivity contribution >= 4 is 6.03 Å². The largest absolute Gasteiger partial charge is 0.332 e. The quantitative estimate of drug-likeness (QED) is 0.894. The molecule has 3 heterocycles. The fraction of sp³-hybridized carbons (Fsp3) is 0.867. The first-order valence-electron chi connectivity index (χ1n) is 8.67. The molecule has 23 heavy (non-hydrogen) atoms. The second kappa shape index (κ2) is 5.43. The highest BCUT2D eigenvalue weighted by atomic mass is 16.2. The van der Waals surface area contributed by atoms with Crippen molar-refractivity contribution in [2.75, 3.05) is 13.1 Å². The molecule has 1 saturated carbocycles. The number of piperidine rings is 1. The minimum absolute atomic E-state index is 0.0762. The lowest BCUT2D eigenvalue weighted by atomic mass is 9.97. The second-order valence-corrected chi connectivity index (χ2v) is 7.30. The zero-order valence-corrected chi connectivity index (χ0v) is 14.0. The van der Waals surface area contributed by atoms with Crippen molar-refractivity contribution in [2.24, 2.45) is 0 Å². The highest BCUT2D eigenvalue weighted by Gasteiger charge is 2.45. The molecule has 4 rings (SSSR count). The minimum atomic E-state index is 0.0762. The lowest BCUT2D eigenvalue weighted by Crippen LogP contribution is -2.52. The molecule has 1 aliphatic carbocycles. The zero-order chi connectivity index (χ0) is 16.1. The van der Waals surface area contributed by atoms with E-state index in [1.54, 1.807) is 0 Å². The maximum atomic E-state index is 12.2. The average molecular weight is 319 g/mol. The maximum Gasteiger partial charge on any atom is 0.318 e. The predicted molar refractivity (Wildman–Crippen MR) is 83.8 cm³/mol. The van der Waals surface area contributed by atoms with Gasteiger partial charge in [-0.2, -0.15) is 0 Å². The van der Waals surface area contributed by atoms with E-state index >= 15 is 0 Å². The Bertz CT molecular complexity index is 596. The molecule has 8 heteroatoms. The number of amides is 2. The Balaban J connectivity index is 1.48. The van der Waals surface area contributed by atoms with Crippen molar-refractivity contribution in [2.45, 2.75) is 70.2 Å². The first-order chi connectivity index (χ1) is 11.1. The number of rotatable bonds is 4. The summed E-state index contributed by atoms with van der Waals surface area (Å²) in [6.45, 7) is 8.17. The van der Waals surface area contributed by atoms with Gasteiger partial charge in [-0.05, 0) is 50.5 Å². The van der Waals surface area contributed by atoms with Crippen LogP contribution in [-0.2, 0) is 0 Å². The van der Waals surface area contributed by atoms with Crippen molar-refractivity contribution in [3.8, 4) is 0 Å². The van der Waals surface area contributed by atoms with Gasteiger partial charge in [-0.25, -0.2) is 9.48 Å². The number of nitrogens with zero attached hydrogens (tertiary/aromatic N) is 6. The van der Waals surface area contributed by atoms with E-state index < -0.39 is 0 Å². The number of fused-ring (bicyclic) bond motifs is 1. The lowest BCUT2D eigenvalue weighted by molar-refractivity contribution is 0.0973. The number of hydrogen-bond acceptors (Lipinski definition) is 5. The van der Waals surface area contributed by atoms with Crippen LogP contribution < -0.4 is 5.32 Å². The summed E-state index contributed by atoms with van der Waals surface area (Å²) in [5.74, 6) is 0.955. The molecule has 2 amide bonds. The number of carbonyl (C=O) groups is 1. The summed E-state index contributed by atoms with van der Waals surface area (Å²) in [6, 6.07) is 1.50. The fourth-order valence-electron chi connectivity index (χ4n) is 4.01. The van der Waals surface area contributed by atoms with E-state index in [9.17, 15) is 4.79 Å². The normalized spacial score (nSPS) is 29.7. The Morgan fingerprint density at radius 1 is 1.22 bits per heavy atom. The van der Waals surface area contributed by atoms with Crippen molar-refractivity contribution < 1.29 is 4.79 Å². The van der Waals surface area contributed by atoms with Crippen molar-refractivity contribution in [1.29, 1.82) is 0 Å². The third-order valence-corrected chi connectivity index (χ3v) is 5.40. The summed E-state index contributed by atoms with van der Waals surface area (Å²) in [5.41, 5.74) is 0. The predicted octanol–water partition coefficient (Wildman–Crippen LogP) is 0.946. The third kappa shape index (κ3) is 2.49. The van der Waals surface area contributed by atoms with Crippen LogP contribution in [0.1, 0.15) is 57.9 Å². The second-order valence-electron chi connectivity index (χ2n) is 7.30. The minimum Gasteiger partial charge on any atom is -0.332 e. The van der Waals surface area contributed by atoms with Gasteiger partial charge in [0.15, 0.2) is 5.82 Å². The first kappa shape index (κ1) is 14.9. The summed E-state index contributed by atoms with van der Waals surface area (Å²) in [6.07, 6.45) is 3.35. The van der Waals surface area contributed by atoms with Crippen LogP contribution in [0.25, 0.3) is 0 Å². The summed E-state index contributed by atoms with van der Waals surface area (Å²) in [4.78, 5) is 16.6. The van der Waals surface area contributed by atoms with Gasteiger partial charge < -0.3 is 10.2 Å². The van der Waals surface area contributed by atoms with Crippen LogP contribution in [0.5, 0.6) is 0 Å². The number of carbonyl (C=O) groups excluding carboxylic acids is 1. The van der Waals surface area contributed by atoms with Crippen molar-refractivity contribution in [3.05, 3.63) is 5.82 Å². The van der Waals surface area contributed by atoms with Gasteiger partial charge in [0, 0.05) is 19.1 Å². The highest BCUT2D eigenvalue weighted by Crippen LogP contribution is 2.37. The van der Waals surface area contributed by atoms with Crippen molar-refractivity contribution in [3.63, 3.8) is 0 Å². The molecule has 1 aromatic rings. The van der Waals surface area contributed by atoms with E-state index in [-0.39, 0.29) is 24.2 Å². The SMILES string of the molecule is CC(c1nnnn1C1CC1)N1CC[C@H]2[C@@H](C1)NC(=O)N2C(C)C. The van der Waals surface area contributed by atoms with Crippen LogP contribution in [0.2, 0.25) is 0 Å². The molecule has 1 aromatic heterocycles. The summed E-state index contributed by atoms with van der Waals surface area (Å²) in [5, 5.41) is 15.4. The zero-order valence-electron chi connectivity index (χ0n) is 14.0. The van der Waals surface area contributed by atoms with E-state index in [4.69, 9.17) is 0 Å². The van der Waals surface area contributed by atoms with Gasteiger partial charge in [0.2, 0.25) is 0 Å². The van der Waals surface area contributed by atoms with Gasteiger partial charge in [-0.15, -0.1) is 5.10 Å². The number of nitrogens with one attached hydrogen (secondary N) is 1. The van der Waals surface area contributed by atoms with E-state index in [0.29, 0.717) is 12.1 Å². The number of hydrogen-bond donors (Lipinski definition) is 1. The molecule has 3 aliphatic rings. The molecule has 1 unspecified atom stereocenters. The molecule has 0 bridgehead atoms. The third-order valence-electron chi connectivity index (χ3n) is 5.40. The first-order valence-corrected chi connectivity index (χ1v) is 8.67. The number of likely N-dealkylation sites (tertiary alicyclic amines) is 1. The van der Waals surface area contributed by atoms with Gasteiger partial charge in [-0.1, -0.05) is 0 Å². The highest BCUT2D eigenvalue weighted by molar-refractivity contribution is 5.78. The molecule has 0 spiro atoms. The van der Waals surface area contributed by atoms with Crippen LogP contribution in [0.4, 0.5) is 4.79 Å². The smallest absolute Gasteiger partial charge is 0.318 e. The maximum absolute atomic E-state index is 12.2. The molecule has 0 aromatic carbocycles. The molecule has 1 N–H and O–H groups in total. The van der Waals surface area contributed by atoms with Gasteiger partial charge in [0.05, 0.1) is 24.2 Å². The summed E-state index contributed by atoms with van der Waals surface area (Å²) >= 11 is 0. The Hall–Kier alpha value is -1.70. The lowest BCUT2D eigenvalue weighted by Gasteiger charge is -2.40. The molecule has 3 atom stereocenters. The van der Waals surface area contributed by atoms with Crippen LogP contribution in [-0.4, -0.2) is 67.3 Å². The van der Waals surface area contributed by atoms with E-state index in [2.05, 4.69) is 46.5 Å². The van der Waals surface area contributed by atoms with Gasteiger partial charge in [-0.3, -0.25) is 4.90 Å². The number of tetrazole rings is 1. The van der Waals surface area contributed by atoms with Gasteiger partial charge in [0.25, 0.3) is 0 Å². The molecule has 2 saturated heterocycles. The summed E-state index contributed by atoms with van der Waals surface area (Å²) in [7, 11) is 0. The topological polar surface area (TPSA) is 79.2 Å². The molecule has 0 radical (unpaired) electrons. The molecule has 3 fully saturated rings. The van der Waals surface area contributed by atoms with Gasteiger partial charge >= 0.3 is 6.03 Å². The van der Waals surface area contributed by atoms with E-state index in [1.165, 1.54) is 12.8 Å². The molecule has 8 nitrogen and oxygen atoms in total. The van der Waals surface area contributed by atoms with E-state index in [0.717, 1.165) is 25.3 Å². The molecule has 126 valence electrons. The Morgan fingerprint density at radius 3 is 2.70 bits per heavy atom. The fourth-order valence-corrected chi connectivity index (χ4v) is 4.01. The van der Waals surface area contributed by atoms with Gasteiger partial charge in [0.1, 0.15) is 0 Å². The Labute approximate surface area is 136 Å². The van der Waals surface area contributed by atoms with Crippen LogP contribution in [0.15, 0.2) is 0 Å². The number of aromatic nitrogens is 4.